The van der Waals surface area contributed by atoms with Crippen molar-refractivity contribution in [1.29, 1.82) is 0 Å². The Balaban J connectivity index is 0.00000264. The molecule has 23 heavy (non-hydrogen) atoms. The highest BCUT2D eigenvalue weighted by Gasteiger charge is 2.35. The number of nitrogens with one attached hydrogen (secondary N) is 2. The quantitative estimate of drug-likeness (QED) is 0.878. The molecule has 0 bridgehead atoms. The van der Waals surface area contributed by atoms with E-state index >= 15 is 0 Å². The Bertz CT molecular complexity index is 540. The van der Waals surface area contributed by atoms with Gasteiger partial charge < -0.3 is 10.6 Å². The fourth-order valence-electron chi connectivity index (χ4n) is 2.55. The fourth-order valence-corrected chi connectivity index (χ4v) is 2.55. The van der Waals surface area contributed by atoms with Crippen LogP contribution in [0.15, 0.2) is 24.3 Å². The molecule has 1 aromatic rings. The van der Waals surface area contributed by atoms with E-state index in [9.17, 15) is 18.0 Å². The first-order valence-electron chi connectivity index (χ1n) is 7.40. The van der Waals surface area contributed by atoms with Gasteiger partial charge in [-0.3, -0.25) is 4.79 Å². The number of piperidine rings is 1. The van der Waals surface area contributed by atoms with Crippen molar-refractivity contribution in [2.75, 3.05) is 13.1 Å². The number of halogens is 4. The largest absolute Gasteiger partial charge is 0.416 e. The summed E-state index contributed by atoms with van der Waals surface area (Å²) in [6.07, 6.45) is -2.73. The number of rotatable bonds is 3. The number of carbonyl (C=O) groups excluding carboxylic acids is 1. The van der Waals surface area contributed by atoms with Gasteiger partial charge in [-0.05, 0) is 51.4 Å². The molecule has 2 N–H and O–H groups in total. The minimum Gasteiger partial charge on any atom is -0.353 e. The minimum absolute atomic E-state index is 0. The Hall–Kier alpha value is -1.27. The predicted molar refractivity (Wildman–Crippen MR) is 85.8 cm³/mol. The molecule has 1 heterocycles. The molecule has 3 nitrogen and oxygen atoms in total. The maximum atomic E-state index is 12.8. The van der Waals surface area contributed by atoms with Crippen molar-refractivity contribution in [3.63, 3.8) is 0 Å². The number of carbonyl (C=O) groups is 1. The number of hydrogen-bond donors (Lipinski definition) is 2. The lowest BCUT2D eigenvalue weighted by molar-refractivity contribution is -0.138. The van der Waals surface area contributed by atoms with Crippen LogP contribution in [-0.4, -0.2) is 25.0 Å². The Morgan fingerprint density at radius 2 is 1.74 bits per heavy atom. The summed E-state index contributed by atoms with van der Waals surface area (Å²) in [5.74, 6) is -0.237. The highest BCUT2D eigenvalue weighted by atomic mass is 35.5. The van der Waals surface area contributed by atoms with Crippen molar-refractivity contribution in [2.45, 2.75) is 44.3 Å². The lowest BCUT2D eigenvalue weighted by atomic mass is 9.82. The monoisotopic (exact) mass is 350 g/mol. The van der Waals surface area contributed by atoms with Crippen molar-refractivity contribution < 1.29 is 18.0 Å². The summed E-state index contributed by atoms with van der Waals surface area (Å²) in [4.78, 5) is 12.5. The molecule has 1 aromatic carbocycles. The third-order valence-electron chi connectivity index (χ3n) is 4.15. The summed E-state index contributed by atoms with van der Waals surface area (Å²) in [7, 11) is 0. The molecule has 0 unspecified atom stereocenters. The van der Waals surface area contributed by atoms with Crippen LogP contribution in [-0.2, 0) is 16.4 Å². The van der Waals surface area contributed by atoms with E-state index < -0.39 is 17.2 Å². The molecular weight excluding hydrogens is 329 g/mol. The van der Waals surface area contributed by atoms with Gasteiger partial charge in [0.2, 0.25) is 5.91 Å². The minimum atomic E-state index is -4.41. The summed E-state index contributed by atoms with van der Waals surface area (Å²) in [6, 6.07) is 5.07. The average Bonchev–Trinajstić information content (AvgIpc) is 2.47. The van der Waals surface area contributed by atoms with E-state index in [0.717, 1.165) is 38.1 Å². The van der Waals surface area contributed by atoms with Crippen LogP contribution in [0.4, 0.5) is 13.2 Å². The summed E-state index contributed by atoms with van der Waals surface area (Å²) < 4.78 is 38.5. The van der Waals surface area contributed by atoms with Gasteiger partial charge in [0.25, 0.3) is 0 Å². The summed E-state index contributed by atoms with van der Waals surface area (Å²) in [6.45, 7) is 4.99. The molecular formula is C16H22ClF3N2O. The molecule has 0 atom stereocenters. The molecule has 0 aromatic heterocycles. The van der Waals surface area contributed by atoms with Gasteiger partial charge >= 0.3 is 6.18 Å². The summed E-state index contributed by atoms with van der Waals surface area (Å²) >= 11 is 0. The molecule has 130 valence electrons. The second-order valence-electron chi connectivity index (χ2n) is 6.20. The molecule has 0 aliphatic carbocycles. The SMILES string of the molecule is CC(C)(C(=O)NC1CCNCC1)c1cccc(C(F)(F)F)c1.Cl. The zero-order valence-corrected chi connectivity index (χ0v) is 14.0. The van der Waals surface area contributed by atoms with Crippen LogP contribution < -0.4 is 10.6 Å². The van der Waals surface area contributed by atoms with Crippen LogP contribution >= 0.6 is 12.4 Å². The third kappa shape index (κ3) is 4.85. The third-order valence-corrected chi connectivity index (χ3v) is 4.15. The number of benzene rings is 1. The molecule has 1 aliphatic rings. The molecule has 2 rings (SSSR count). The van der Waals surface area contributed by atoms with Crippen LogP contribution in [0.2, 0.25) is 0 Å². The zero-order chi connectivity index (χ0) is 16.4. The van der Waals surface area contributed by atoms with Crippen LogP contribution in [0.3, 0.4) is 0 Å². The van der Waals surface area contributed by atoms with Gasteiger partial charge in [0.15, 0.2) is 0 Å². The molecule has 1 saturated heterocycles. The highest BCUT2D eigenvalue weighted by molar-refractivity contribution is 5.87. The second kappa shape index (κ2) is 7.53. The number of alkyl halides is 3. The van der Waals surface area contributed by atoms with E-state index in [1.54, 1.807) is 19.9 Å². The van der Waals surface area contributed by atoms with Gasteiger partial charge in [-0.1, -0.05) is 18.2 Å². The predicted octanol–water partition coefficient (Wildman–Crippen LogP) is 3.27. The molecule has 1 amide bonds. The zero-order valence-electron chi connectivity index (χ0n) is 13.2. The molecule has 7 heteroatoms. The first-order valence-corrected chi connectivity index (χ1v) is 7.40. The fraction of sp³-hybridized carbons (Fsp3) is 0.562. The van der Waals surface area contributed by atoms with Crippen molar-refractivity contribution in [2.24, 2.45) is 0 Å². The number of amides is 1. The van der Waals surface area contributed by atoms with Gasteiger partial charge in [0.1, 0.15) is 0 Å². The molecule has 0 saturated carbocycles. The topological polar surface area (TPSA) is 41.1 Å². The van der Waals surface area contributed by atoms with Crippen LogP contribution in [0, 0.1) is 0 Å². The summed E-state index contributed by atoms with van der Waals surface area (Å²) in [5.41, 5.74) is -1.37. The van der Waals surface area contributed by atoms with Crippen LogP contribution in [0.5, 0.6) is 0 Å². The Morgan fingerprint density at radius 1 is 1.17 bits per heavy atom. The van der Waals surface area contributed by atoms with Gasteiger partial charge in [0.05, 0.1) is 11.0 Å². The average molecular weight is 351 g/mol. The van der Waals surface area contributed by atoms with Gasteiger partial charge in [-0.25, -0.2) is 0 Å². The maximum absolute atomic E-state index is 12.8. The van der Waals surface area contributed by atoms with Crippen LogP contribution in [0.1, 0.15) is 37.8 Å². The van der Waals surface area contributed by atoms with Crippen LogP contribution in [0.25, 0.3) is 0 Å². The van der Waals surface area contributed by atoms with Crippen molar-refractivity contribution in [3.8, 4) is 0 Å². The van der Waals surface area contributed by atoms with E-state index in [1.165, 1.54) is 6.07 Å². The lowest BCUT2D eigenvalue weighted by Gasteiger charge is -2.30. The van der Waals surface area contributed by atoms with Gasteiger partial charge in [-0.2, -0.15) is 13.2 Å². The molecule has 1 aliphatic heterocycles. The Kier molecular flexibility index (Phi) is 6.48. The first kappa shape index (κ1) is 19.8. The highest BCUT2D eigenvalue weighted by Crippen LogP contribution is 2.33. The van der Waals surface area contributed by atoms with Crippen molar-refractivity contribution in [1.82, 2.24) is 10.6 Å². The first-order chi connectivity index (χ1) is 10.2. The lowest BCUT2D eigenvalue weighted by Crippen LogP contribution is -2.48. The van der Waals surface area contributed by atoms with E-state index in [0.29, 0.717) is 5.56 Å². The molecule has 1 fully saturated rings. The van der Waals surface area contributed by atoms with E-state index in [2.05, 4.69) is 10.6 Å². The summed E-state index contributed by atoms with van der Waals surface area (Å²) in [5, 5.41) is 6.16. The van der Waals surface area contributed by atoms with Crippen molar-refractivity contribution >= 4 is 18.3 Å². The smallest absolute Gasteiger partial charge is 0.353 e. The van der Waals surface area contributed by atoms with Gasteiger partial charge in [0, 0.05) is 6.04 Å². The Morgan fingerprint density at radius 3 is 2.30 bits per heavy atom. The Labute approximate surface area is 140 Å². The standard InChI is InChI=1S/C16H21F3N2O.ClH/c1-15(2,14(22)21-13-6-8-20-9-7-13)11-4-3-5-12(10-11)16(17,18)19;/h3-5,10,13,20H,6-9H2,1-2H3,(H,21,22);1H. The van der Waals surface area contributed by atoms with E-state index in [1.807, 2.05) is 0 Å². The molecule has 0 spiro atoms. The van der Waals surface area contributed by atoms with Crippen molar-refractivity contribution in [3.05, 3.63) is 35.4 Å². The van der Waals surface area contributed by atoms with E-state index in [4.69, 9.17) is 0 Å². The molecule has 0 radical (unpaired) electrons. The second-order valence-corrected chi connectivity index (χ2v) is 6.20. The van der Waals surface area contributed by atoms with Gasteiger partial charge in [-0.15, -0.1) is 12.4 Å². The number of hydrogen-bond acceptors (Lipinski definition) is 2. The normalized spacial score (nSPS) is 16.6. The maximum Gasteiger partial charge on any atom is 0.416 e. The van der Waals surface area contributed by atoms with E-state index in [-0.39, 0.29) is 24.4 Å².